The minimum Gasteiger partial charge on any atom is -0.475 e. The number of aliphatic carboxylic acids is 3. The maximum absolute atomic E-state index is 13.8. The second-order valence-electron chi connectivity index (χ2n) is 10.4. The molecule has 21 heteroatoms. The third-order valence-corrected chi connectivity index (χ3v) is 7.91. The van der Waals surface area contributed by atoms with Crippen LogP contribution in [-0.2, 0) is 33.0 Å². The molecule has 10 nitrogen and oxygen atoms in total. The Kier molecular flexibility index (Phi) is 13.7. The molecule has 2 aromatic heterocycles. The Morgan fingerprint density at radius 3 is 1.78 bits per heavy atom. The average Bonchev–Trinajstić information content (AvgIpc) is 3.66. The number of likely N-dealkylation sites (tertiary alicyclic amines) is 1. The van der Waals surface area contributed by atoms with Crippen LogP contribution in [0.2, 0.25) is 0 Å². The normalized spacial score (nSPS) is 16.1. The zero-order valence-electron chi connectivity index (χ0n) is 25.1. The monoisotopic (exact) mass is 738 g/mol. The number of thiophene rings is 1. The van der Waals surface area contributed by atoms with E-state index in [1.165, 1.54) is 11.6 Å². The molecule has 0 atom stereocenters. The summed E-state index contributed by atoms with van der Waals surface area (Å²) < 4.78 is 111. The molecule has 2 aliphatic heterocycles. The predicted molar refractivity (Wildman–Crippen MR) is 152 cm³/mol. The van der Waals surface area contributed by atoms with E-state index in [-0.39, 0.29) is 11.4 Å². The Morgan fingerprint density at radius 2 is 1.35 bits per heavy atom. The van der Waals surface area contributed by atoms with E-state index in [0.29, 0.717) is 0 Å². The van der Waals surface area contributed by atoms with Gasteiger partial charge in [0.1, 0.15) is 11.6 Å². The standard InChI is InChI=1S/C22H25FN4S.3C2HF3O2/c1-25-10-11-27-20(18-3-2-4-19(23)13-18)14-24-21(27)22(25)6-8-26(9-7-22)15-17-5-12-28-16-17;3*3-2(4,5)1(6)7/h2-5,12-14,16H,6-11,15H2,1H3;3*(H,6,7). The quantitative estimate of drug-likeness (QED) is 0.273. The molecule has 5 rings (SSSR count). The van der Waals surface area contributed by atoms with Gasteiger partial charge in [0.15, 0.2) is 0 Å². The van der Waals surface area contributed by atoms with Crippen LogP contribution < -0.4 is 0 Å². The Bertz CT molecular complexity index is 1490. The van der Waals surface area contributed by atoms with Crippen molar-refractivity contribution in [3.8, 4) is 11.3 Å². The van der Waals surface area contributed by atoms with Crippen molar-refractivity contribution >= 4 is 29.2 Å². The van der Waals surface area contributed by atoms with Crippen molar-refractivity contribution in [3.63, 3.8) is 0 Å². The average molecular weight is 739 g/mol. The molecule has 272 valence electrons. The van der Waals surface area contributed by atoms with Crippen LogP contribution in [0, 0.1) is 5.82 Å². The zero-order valence-corrected chi connectivity index (χ0v) is 25.9. The van der Waals surface area contributed by atoms with Gasteiger partial charge in [0.25, 0.3) is 0 Å². The van der Waals surface area contributed by atoms with Crippen LogP contribution in [0.5, 0.6) is 0 Å². The summed E-state index contributed by atoms with van der Waals surface area (Å²) in [6.07, 6.45) is -11.2. The number of rotatable bonds is 3. The van der Waals surface area contributed by atoms with Crippen molar-refractivity contribution < 1.29 is 73.6 Å². The number of alkyl halides is 9. The predicted octanol–water partition coefficient (Wildman–Crippen LogP) is 6.09. The van der Waals surface area contributed by atoms with Crippen LogP contribution in [0.1, 0.15) is 24.2 Å². The highest BCUT2D eigenvalue weighted by Crippen LogP contribution is 2.41. The number of hydrogen-bond donors (Lipinski definition) is 3. The number of carbonyl (C=O) groups is 3. The van der Waals surface area contributed by atoms with Gasteiger partial charge in [-0.05, 0) is 54.4 Å². The van der Waals surface area contributed by atoms with Gasteiger partial charge in [0.05, 0.1) is 17.4 Å². The van der Waals surface area contributed by atoms with Gasteiger partial charge in [-0.3, -0.25) is 9.80 Å². The van der Waals surface area contributed by atoms with Crippen molar-refractivity contribution in [2.75, 3.05) is 26.7 Å². The fraction of sp³-hybridized carbons (Fsp3) is 0.429. The molecule has 49 heavy (non-hydrogen) atoms. The number of imidazole rings is 1. The second kappa shape index (κ2) is 16.4. The summed E-state index contributed by atoms with van der Waals surface area (Å²) in [7, 11) is 2.23. The van der Waals surface area contributed by atoms with Gasteiger partial charge in [-0.1, -0.05) is 12.1 Å². The number of fused-ring (bicyclic) bond motifs is 2. The molecule has 1 spiro atoms. The third-order valence-electron chi connectivity index (χ3n) is 7.18. The molecular formula is C28H28F10N4O6S. The number of nitrogens with zero attached hydrogens (tertiary/aromatic N) is 4. The summed E-state index contributed by atoms with van der Waals surface area (Å²) in [5, 5.41) is 25.8. The van der Waals surface area contributed by atoms with Crippen LogP contribution in [0.3, 0.4) is 0 Å². The maximum Gasteiger partial charge on any atom is 0.490 e. The van der Waals surface area contributed by atoms with E-state index >= 15 is 0 Å². The highest BCUT2D eigenvalue weighted by Gasteiger charge is 2.46. The van der Waals surface area contributed by atoms with E-state index in [1.807, 2.05) is 12.3 Å². The van der Waals surface area contributed by atoms with Crippen LogP contribution in [-0.4, -0.2) is 97.8 Å². The highest BCUT2D eigenvalue weighted by atomic mass is 32.1. The largest absolute Gasteiger partial charge is 0.490 e. The molecule has 1 aromatic carbocycles. The van der Waals surface area contributed by atoms with Gasteiger partial charge in [-0.25, -0.2) is 23.8 Å². The molecule has 0 radical (unpaired) electrons. The van der Waals surface area contributed by atoms with Crippen LogP contribution in [0.15, 0.2) is 47.3 Å². The number of carboxylic acids is 3. The first-order valence-corrected chi connectivity index (χ1v) is 14.6. The minimum atomic E-state index is -5.08. The number of benzene rings is 1. The Hall–Kier alpha value is -4.24. The van der Waals surface area contributed by atoms with Crippen molar-refractivity contribution in [1.29, 1.82) is 0 Å². The molecule has 1 saturated heterocycles. The number of likely N-dealkylation sites (N-methyl/N-ethyl adjacent to an activating group) is 1. The van der Waals surface area contributed by atoms with E-state index in [2.05, 4.69) is 38.2 Å². The van der Waals surface area contributed by atoms with E-state index in [4.69, 9.17) is 34.7 Å². The van der Waals surface area contributed by atoms with Crippen molar-refractivity contribution in [2.24, 2.45) is 0 Å². The summed E-state index contributed by atoms with van der Waals surface area (Å²) >= 11 is 1.77. The van der Waals surface area contributed by atoms with Crippen LogP contribution >= 0.6 is 11.3 Å². The number of halogens is 10. The van der Waals surface area contributed by atoms with Crippen LogP contribution in [0.25, 0.3) is 11.3 Å². The topological polar surface area (TPSA) is 136 Å². The van der Waals surface area contributed by atoms with Gasteiger partial charge >= 0.3 is 36.4 Å². The Balaban J connectivity index is 0.000000325. The van der Waals surface area contributed by atoms with Gasteiger partial charge in [-0.15, -0.1) is 0 Å². The van der Waals surface area contributed by atoms with E-state index in [9.17, 15) is 43.9 Å². The van der Waals surface area contributed by atoms with Crippen molar-refractivity contribution in [2.45, 2.75) is 50.0 Å². The molecule has 4 heterocycles. The number of carboxylic acid groups (broad SMARTS) is 3. The Morgan fingerprint density at radius 1 is 0.837 bits per heavy atom. The summed E-state index contributed by atoms with van der Waals surface area (Å²) in [5.74, 6) is -7.32. The smallest absolute Gasteiger partial charge is 0.475 e. The second-order valence-corrected chi connectivity index (χ2v) is 11.2. The molecule has 3 N–H and O–H groups in total. The lowest BCUT2D eigenvalue weighted by atomic mass is 9.83. The lowest BCUT2D eigenvalue weighted by Gasteiger charge is -2.49. The van der Waals surface area contributed by atoms with Gasteiger partial charge in [0, 0.05) is 38.3 Å². The molecule has 0 amide bonds. The molecule has 1 fully saturated rings. The van der Waals surface area contributed by atoms with E-state index in [1.54, 1.807) is 23.5 Å². The van der Waals surface area contributed by atoms with Crippen molar-refractivity contribution in [1.82, 2.24) is 19.4 Å². The van der Waals surface area contributed by atoms with Gasteiger partial charge in [0.2, 0.25) is 0 Å². The fourth-order valence-corrected chi connectivity index (χ4v) is 5.47. The zero-order chi connectivity index (χ0) is 37.4. The highest BCUT2D eigenvalue weighted by molar-refractivity contribution is 7.07. The SMILES string of the molecule is CN1CCn2c(-c3cccc(F)c3)cnc2C12CCN(Cc1ccsc1)CC2.O=C(O)C(F)(F)F.O=C(O)C(F)(F)F.O=C(O)C(F)(F)F. The van der Waals surface area contributed by atoms with Crippen LogP contribution in [0.4, 0.5) is 43.9 Å². The van der Waals surface area contributed by atoms with E-state index in [0.717, 1.165) is 62.6 Å². The maximum atomic E-state index is 13.8. The summed E-state index contributed by atoms with van der Waals surface area (Å²) in [5.41, 5.74) is 3.33. The lowest BCUT2D eigenvalue weighted by Crippen LogP contribution is -2.56. The Labute approximate surface area is 274 Å². The first-order valence-electron chi connectivity index (χ1n) is 13.7. The summed E-state index contributed by atoms with van der Waals surface area (Å²) in [6.45, 7) is 5.07. The molecule has 0 unspecified atom stereocenters. The first kappa shape index (κ1) is 40.9. The summed E-state index contributed by atoms with van der Waals surface area (Å²) in [6, 6.07) is 9.08. The fourth-order valence-electron chi connectivity index (χ4n) is 4.81. The third kappa shape index (κ3) is 11.7. The number of aromatic nitrogens is 2. The van der Waals surface area contributed by atoms with E-state index < -0.39 is 36.4 Å². The van der Waals surface area contributed by atoms with Gasteiger partial charge in [-0.2, -0.15) is 50.9 Å². The number of hydrogen-bond acceptors (Lipinski definition) is 7. The molecular weight excluding hydrogens is 710 g/mol. The lowest BCUT2D eigenvalue weighted by molar-refractivity contribution is -0.193. The summed E-state index contributed by atoms with van der Waals surface area (Å²) in [4.78, 5) is 36.6. The molecule has 2 aliphatic rings. The molecule has 3 aromatic rings. The molecule has 0 saturated carbocycles. The van der Waals surface area contributed by atoms with Crippen molar-refractivity contribution in [3.05, 3.63) is 64.5 Å². The first-order chi connectivity index (χ1) is 22.5. The molecule has 0 aliphatic carbocycles. The number of piperidine rings is 1. The van der Waals surface area contributed by atoms with Gasteiger partial charge < -0.3 is 19.9 Å². The molecule has 0 bridgehead atoms. The minimum absolute atomic E-state index is 0.0189.